The van der Waals surface area contributed by atoms with Gasteiger partial charge < -0.3 is 15.0 Å². The number of aromatic amines is 1. The zero-order chi connectivity index (χ0) is 13.8. The van der Waals surface area contributed by atoms with Crippen LogP contribution in [-0.2, 0) is 4.74 Å². The maximum Gasteiger partial charge on any atom is 0.256 e. The van der Waals surface area contributed by atoms with Gasteiger partial charge in [-0.15, -0.1) is 0 Å². The van der Waals surface area contributed by atoms with Gasteiger partial charge in [-0.1, -0.05) is 0 Å². The van der Waals surface area contributed by atoms with Crippen LogP contribution < -0.4 is 10.2 Å². The van der Waals surface area contributed by atoms with Crippen LogP contribution in [0.5, 0.6) is 0 Å². The molecular formula is C14H16N4O2. The summed E-state index contributed by atoms with van der Waals surface area (Å²) < 4.78 is 5.33. The van der Waals surface area contributed by atoms with E-state index in [9.17, 15) is 4.79 Å². The number of H-pyrrole nitrogens is 1. The normalized spacial score (nSPS) is 15.1. The Morgan fingerprint density at radius 3 is 2.60 bits per heavy atom. The van der Waals surface area contributed by atoms with Crippen molar-refractivity contribution in [3.05, 3.63) is 42.1 Å². The lowest BCUT2D eigenvalue weighted by Gasteiger charge is -2.28. The van der Waals surface area contributed by atoms with Gasteiger partial charge in [0, 0.05) is 30.4 Å². The van der Waals surface area contributed by atoms with Gasteiger partial charge in [0.2, 0.25) is 0 Å². The van der Waals surface area contributed by atoms with E-state index >= 15 is 0 Å². The average Bonchev–Trinajstić information content (AvgIpc) is 3.01. The number of benzene rings is 1. The zero-order valence-corrected chi connectivity index (χ0v) is 11.0. The highest BCUT2D eigenvalue weighted by molar-refractivity contribution is 6.03. The van der Waals surface area contributed by atoms with Crippen LogP contribution in [0.2, 0.25) is 0 Å². The molecule has 1 aromatic carbocycles. The number of rotatable bonds is 3. The summed E-state index contributed by atoms with van der Waals surface area (Å²) in [6.45, 7) is 3.28. The molecular weight excluding hydrogens is 256 g/mol. The largest absolute Gasteiger partial charge is 0.378 e. The molecule has 1 amide bonds. The Morgan fingerprint density at radius 2 is 1.95 bits per heavy atom. The summed E-state index contributed by atoms with van der Waals surface area (Å²) in [6.07, 6.45) is 1.59. The van der Waals surface area contributed by atoms with Gasteiger partial charge >= 0.3 is 0 Å². The van der Waals surface area contributed by atoms with E-state index in [4.69, 9.17) is 4.74 Å². The molecule has 2 aromatic rings. The van der Waals surface area contributed by atoms with Crippen LogP contribution in [0.1, 0.15) is 10.4 Å². The third-order valence-corrected chi connectivity index (χ3v) is 3.25. The standard InChI is InChI=1S/C14H16N4O2/c19-14(16-13-5-6-15-17-13)11-1-3-12(4-2-11)18-7-9-20-10-8-18/h1-6H,7-10H2,(H2,15,16,17,19). The van der Waals surface area contributed by atoms with E-state index < -0.39 is 0 Å². The molecule has 6 heteroatoms. The van der Waals surface area contributed by atoms with Crippen LogP contribution in [0.25, 0.3) is 0 Å². The minimum Gasteiger partial charge on any atom is -0.378 e. The smallest absolute Gasteiger partial charge is 0.256 e. The van der Waals surface area contributed by atoms with E-state index in [0.29, 0.717) is 11.4 Å². The van der Waals surface area contributed by atoms with Crippen LogP contribution in [0.3, 0.4) is 0 Å². The summed E-state index contributed by atoms with van der Waals surface area (Å²) in [5.74, 6) is 0.440. The minimum atomic E-state index is -0.150. The molecule has 1 saturated heterocycles. The molecule has 1 aromatic heterocycles. The molecule has 3 rings (SSSR count). The summed E-state index contributed by atoms with van der Waals surface area (Å²) in [6, 6.07) is 9.30. The van der Waals surface area contributed by atoms with Crippen molar-refractivity contribution >= 4 is 17.4 Å². The first kappa shape index (κ1) is 12.7. The Hall–Kier alpha value is -2.34. The van der Waals surface area contributed by atoms with Crippen LogP contribution in [0.15, 0.2) is 36.5 Å². The Kier molecular flexibility index (Phi) is 3.64. The van der Waals surface area contributed by atoms with Gasteiger partial charge in [-0.25, -0.2) is 0 Å². The monoisotopic (exact) mass is 272 g/mol. The van der Waals surface area contributed by atoms with E-state index in [2.05, 4.69) is 20.4 Å². The fourth-order valence-corrected chi connectivity index (χ4v) is 2.17. The minimum absolute atomic E-state index is 0.150. The molecule has 0 unspecified atom stereocenters. The third kappa shape index (κ3) is 2.80. The topological polar surface area (TPSA) is 70.2 Å². The van der Waals surface area contributed by atoms with E-state index in [1.54, 1.807) is 12.3 Å². The van der Waals surface area contributed by atoms with E-state index in [1.165, 1.54) is 0 Å². The number of carbonyl (C=O) groups is 1. The molecule has 0 bridgehead atoms. The summed E-state index contributed by atoms with van der Waals surface area (Å²) in [7, 11) is 0. The molecule has 1 aliphatic heterocycles. The highest BCUT2D eigenvalue weighted by atomic mass is 16.5. The fourth-order valence-electron chi connectivity index (χ4n) is 2.17. The maximum atomic E-state index is 12.0. The van der Waals surface area contributed by atoms with Crippen molar-refractivity contribution in [3.63, 3.8) is 0 Å². The lowest BCUT2D eigenvalue weighted by atomic mass is 10.1. The van der Waals surface area contributed by atoms with Crippen molar-refractivity contribution < 1.29 is 9.53 Å². The maximum absolute atomic E-state index is 12.0. The van der Waals surface area contributed by atoms with E-state index in [0.717, 1.165) is 32.0 Å². The second-order valence-corrected chi connectivity index (χ2v) is 4.57. The lowest BCUT2D eigenvalue weighted by Crippen LogP contribution is -2.36. The van der Waals surface area contributed by atoms with Gasteiger partial charge in [-0.3, -0.25) is 9.89 Å². The van der Waals surface area contributed by atoms with Crippen LogP contribution in [0.4, 0.5) is 11.5 Å². The number of nitrogens with zero attached hydrogens (tertiary/aromatic N) is 2. The van der Waals surface area contributed by atoms with Crippen LogP contribution >= 0.6 is 0 Å². The second kappa shape index (κ2) is 5.75. The van der Waals surface area contributed by atoms with Crippen LogP contribution in [0, 0.1) is 0 Å². The van der Waals surface area contributed by atoms with Gasteiger partial charge in [-0.2, -0.15) is 5.10 Å². The van der Waals surface area contributed by atoms with Gasteiger partial charge in [0.15, 0.2) is 0 Å². The molecule has 2 heterocycles. The van der Waals surface area contributed by atoms with Crippen molar-refractivity contribution in [2.75, 3.05) is 36.5 Å². The average molecular weight is 272 g/mol. The number of hydrogen-bond donors (Lipinski definition) is 2. The van der Waals surface area contributed by atoms with Crippen molar-refractivity contribution in [2.24, 2.45) is 0 Å². The van der Waals surface area contributed by atoms with Gasteiger partial charge in [0.1, 0.15) is 5.82 Å². The molecule has 0 aliphatic carbocycles. The number of hydrogen-bond acceptors (Lipinski definition) is 4. The summed E-state index contributed by atoms with van der Waals surface area (Å²) >= 11 is 0. The summed E-state index contributed by atoms with van der Waals surface area (Å²) in [4.78, 5) is 14.3. The van der Waals surface area contributed by atoms with Crippen molar-refractivity contribution in [1.29, 1.82) is 0 Å². The second-order valence-electron chi connectivity index (χ2n) is 4.57. The third-order valence-electron chi connectivity index (χ3n) is 3.25. The number of carbonyl (C=O) groups excluding carboxylic acids is 1. The Bertz CT molecular complexity index is 559. The van der Waals surface area contributed by atoms with Gasteiger partial charge in [-0.05, 0) is 24.3 Å². The molecule has 0 radical (unpaired) electrons. The lowest BCUT2D eigenvalue weighted by molar-refractivity contribution is 0.102. The first-order chi connectivity index (χ1) is 9.83. The molecule has 104 valence electrons. The molecule has 1 fully saturated rings. The number of nitrogens with one attached hydrogen (secondary N) is 2. The molecule has 20 heavy (non-hydrogen) atoms. The molecule has 0 saturated carbocycles. The first-order valence-electron chi connectivity index (χ1n) is 6.56. The Labute approximate surface area is 116 Å². The SMILES string of the molecule is O=C(Nc1ccn[nH]1)c1ccc(N2CCOCC2)cc1. The predicted molar refractivity (Wildman–Crippen MR) is 76.0 cm³/mol. The van der Waals surface area contributed by atoms with Crippen LogP contribution in [-0.4, -0.2) is 42.4 Å². The number of anilines is 2. The van der Waals surface area contributed by atoms with Crippen molar-refractivity contribution in [1.82, 2.24) is 10.2 Å². The molecule has 0 atom stereocenters. The summed E-state index contributed by atoms with van der Waals surface area (Å²) in [5.41, 5.74) is 1.74. The quantitative estimate of drug-likeness (QED) is 0.888. The Morgan fingerprint density at radius 1 is 1.20 bits per heavy atom. The van der Waals surface area contributed by atoms with E-state index in [-0.39, 0.29) is 5.91 Å². The zero-order valence-electron chi connectivity index (χ0n) is 11.0. The number of aromatic nitrogens is 2. The van der Waals surface area contributed by atoms with Gasteiger partial charge in [0.25, 0.3) is 5.91 Å². The molecule has 2 N–H and O–H groups in total. The Balaban J connectivity index is 1.67. The number of morpholine rings is 1. The van der Waals surface area contributed by atoms with Crippen molar-refractivity contribution in [3.8, 4) is 0 Å². The predicted octanol–water partition coefficient (Wildman–Crippen LogP) is 1.50. The van der Waals surface area contributed by atoms with Crippen molar-refractivity contribution in [2.45, 2.75) is 0 Å². The van der Waals surface area contributed by atoms with Gasteiger partial charge in [0.05, 0.1) is 19.4 Å². The summed E-state index contributed by atoms with van der Waals surface area (Å²) in [5, 5.41) is 9.23. The molecule has 0 spiro atoms. The number of ether oxygens (including phenoxy) is 1. The number of amides is 1. The molecule has 1 aliphatic rings. The van der Waals surface area contributed by atoms with E-state index in [1.807, 2.05) is 24.3 Å². The fraction of sp³-hybridized carbons (Fsp3) is 0.286. The highest BCUT2D eigenvalue weighted by Gasteiger charge is 2.12. The first-order valence-corrected chi connectivity index (χ1v) is 6.56. The highest BCUT2D eigenvalue weighted by Crippen LogP contribution is 2.17. The molecule has 6 nitrogen and oxygen atoms in total.